The Bertz CT molecular complexity index is 622. The normalized spacial score (nSPS) is 16.1. The molecule has 4 nitrogen and oxygen atoms in total. The standard InChI is InChI=1S/C16H21NO3S/c1-13(15-7-8-15)12-17-21(19,20)16-9-5-14(6-10-16)4-2-3-11-18/h5-6,9-10,13,15,17-18H,3,7-8,11-12H2,1H3. The highest BCUT2D eigenvalue weighted by molar-refractivity contribution is 7.89. The summed E-state index contributed by atoms with van der Waals surface area (Å²) in [6, 6.07) is 6.49. The van der Waals surface area contributed by atoms with E-state index >= 15 is 0 Å². The minimum atomic E-state index is -3.44. The summed E-state index contributed by atoms with van der Waals surface area (Å²) in [7, 11) is -3.44. The van der Waals surface area contributed by atoms with Gasteiger partial charge in [0.05, 0.1) is 11.5 Å². The first kappa shape index (κ1) is 16.0. The first-order chi connectivity index (χ1) is 10.0. The van der Waals surface area contributed by atoms with Gasteiger partial charge in [-0.05, 0) is 48.9 Å². The third-order valence-corrected chi connectivity index (χ3v) is 5.10. The SMILES string of the molecule is CC(CNS(=O)(=O)c1ccc(C#CCCO)cc1)C1CC1. The largest absolute Gasteiger partial charge is 0.395 e. The summed E-state index contributed by atoms with van der Waals surface area (Å²) in [5, 5.41) is 8.65. The number of nitrogens with one attached hydrogen (secondary N) is 1. The zero-order valence-electron chi connectivity index (χ0n) is 12.2. The highest BCUT2D eigenvalue weighted by Crippen LogP contribution is 2.36. The average molecular weight is 307 g/mol. The Kier molecular flexibility index (Phi) is 5.40. The van der Waals surface area contributed by atoms with Crippen molar-refractivity contribution in [3.05, 3.63) is 29.8 Å². The number of hydrogen-bond acceptors (Lipinski definition) is 3. The first-order valence-corrected chi connectivity index (χ1v) is 8.70. The van der Waals surface area contributed by atoms with Crippen molar-refractivity contribution < 1.29 is 13.5 Å². The molecule has 0 amide bonds. The van der Waals surface area contributed by atoms with Gasteiger partial charge in [-0.1, -0.05) is 18.8 Å². The van der Waals surface area contributed by atoms with E-state index in [0.29, 0.717) is 24.8 Å². The summed E-state index contributed by atoms with van der Waals surface area (Å²) in [4.78, 5) is 0.262. The van der Waals surface area contributed by atoms with Crippen molar-refractivity contribution in [3.8, 4) is 11.8 Å². The fourth-order valence-electron chi connectivity index (χ4n) is 2.09. The molecule has 1 fully saturated rings. The van der Waals surface area contributed by atoms with Crippen molar-refractivity contribution in [1.82, 2.24) is 4.72 Å². The number of benzene rings is 1. The quantitative estimate of drug-likeness (QED) is 0.787. The molecule has 0 bridgehead atoms. The topological polar surface area (TPSA) is 66.4 Å². The van der Waals surface area contributed by atoms with Gasteiger partial charge in [0.2, 0.25) is 10.0 Å². The van der Waals surface area contributed by atoms with E-state index in [2.05, 4.69) is 23.5 Å². The van der Waals surface area contributed by atoms with Gasteiger partial charge < -0.3 is 5.11 Å². The molecule has 0 spiro atoms. The third kappa shape index (κ3) is 4.85. The minimum Gasteiger partial charge on any atom is -0.395 e. The first-order valence-electron chi connectivity index (χ1n) is 7.22. The molecule has 1 atom stereocenters. The van der Waals surface area contributed by atoms with Gasteiger partial charge in [-0.25, -0.2) is 13.1 Å². The molecule has 1 saturated carbocycles. The molecule has 114 valence electrons. The second-order valence-electron chi connectivity index (χ2n) is 5.47. The van der Waals surface area contributed by atoms with Crippen LogP contribution in [-0.2, 0) is 10.0 Å². The summed E-state index contributed by atoms with van der Waals surface area (Å²) >= 11 is 0. The Labute approximate surface area is 126 Å². The van der Waals surface area contributed by atoms with E-state index in [1.165, 1.54) is 12.8 Å². The Hall–Kier alpha value is -1.35. The zero-order valence-corrected chi connectivity index (χ0v) is 13.0. The van der Waals surface area contributed by atoms with E-state index in [1.807, 2.05) is 0 Å². The summed E-state index contributed by atoms with van der Waals surface area (Å²) in [5.41, 5.74) is 0.744. The molecule has 0 aromatic heterocycles. The fraction of sp³-hybridized carbons (Fsp3) is 0.500. The van der Waals surface area contributed by atoms with Crippen LogP contribution in [-0.4, -0.2) is 26.7 Å². The molecule has 0 saturated heterocycles. The van der Waals surface area contributed by atoms with Crippen LogP contribution >= 0.6 is 0 Å². The lowest BCUT2D eigenvalue weighted by Gasteiger charge is -2.12. The zero-order chi connectivity index (χ0) is 15.3. The number of aliphatic hydroxyl groups excluding tert-OH is 1. The number of rotatable bonds is 6. The molecule has 21 heavy (non-hydrogen) atoms. The molecule has 1 aromatic rings. The highest BCUT2D eigenvalue weighted by atomic mass is 32.2. The molecular formula is C16H21NO3S. The second-order valence-corrected chi connectivity index (χ2v) is 7.23. The van der Waals surface area contributed by atoms with Crippen LogP contribution in [0.3, 0.4) is 0 Å². The van der Waals surface area contributed by atoms with Crippen molar-refractivity contribution in [2.24, 2.45) is 11.8 Å². The van der Waals surface area contributed by atoms with E-state index in [1.54, 1.807) is 24.3 Å². The van der Waals surface area contributed by atoms with Crippen molar-refractivity contribution in [2.75, 3.05) is 13.2 Å². The lowest BCUT2D eigenvalue weighted by molar-refractivity contribution is 0.305. The van der Waals surface area contributed by atoms with E-state index in [9.17, 15) is 8.42 Å². The van der Waals surface area contributed by atoms with Gasteiger partial charge in [-0.3, -0.25) is 0 Å². The summed E-state index contributed by atoms with van der Waals surface area (Å²) in [6.45, 7) is 2.60. The van der Waals surface area contributed by atoms with Gasteiger partial charge in [0.1, 0.15) is 0 Å². The molecule has 0 heterocycles. The smallest absolute Gasteiger partial charge is 0.240 e. The van der Waals surface area contributed by atoms with E-state index in [4.69, 9.17) is 5.11 Å². The Balaban J connectivity index is 1.97. The van der Waals surface area contributed by atoms with Crippen LogP contribution in [0.15, 0.2) is 29.2 Å². The lowest BCUT2D eigenvalue weighted by Crippen LogP contribution is -2.29. The molecular weight excluding hydrogens is 286 g/mol. The van der Waals surface area contributed by atoms with Crippen LogP contribution in [0, 0.1) is 23.7 Å². The lowest BCUT2D eigenvalue weighted by atomic mass is 10.1. The maximum absolute atomic E-state index is 12.2. The van der Waals surface area contributed by atoms with Crippen molar-refractivity contribution in [3.63, 3.8) is 0 Å². The van der Waals surface area contributed by atoms with Crippen LogP contribution in [0.1, 0.15) is 31.7 Å². The molecule has 5 heteroatoms. The number of hydrogen-bond donors (Lipinski definition) is 2. The number of aliphatic hydroxyl groups is 1. The van der Waals surface area contributed by atoms with Crippen molar-refractivity contribution >= 4 is 10.0 Å². The molecule has 2 rings (SSSR count). The Morgan fingerprint density at radius 2 is 2.00 bits per heavy atom. The predicted octanol–water partition coefficient (Wildman–Crippen LogP) is 1.74. The Morgan fingerprint density at radius 1 is 1.33 bits per heavy atom. The Morgan fingerprint density at radius 3 is 2.57 bits per heavy atom. The van der Waals surface area contributed by atoms with Gasteiger partial charge in [0, 0.05) is 18.5 Å². The van der Waals surface area contributed by atoms with E-state index in [-0.39, 0.29) is 11.5 Å². The van der Waals surface area contributed by atoms with Crippen LogP contribution < -0.4 is 4.72 Å². The van der Waals surface area contributed by atoms with E-state index in [0.717, 1.165) is 5.56 Å². The highest BCUT2D eigenvalue weighted by Gasteiger charge is 2.28. The minimum absolute atomic E-state index is 0.0303. The third-order valence-electron chi connectivity index (χ3n) is 3.66. The van der Waals surface area contributed by atoms with Crippen LogP contribution in [0.4, 0.5) is 0 Å². The van der Waals surface area contributed by atoms with Gasteiger partial charge in [0.15, 0.2) is 0 Å². The van der Waals surface area contributed by atoms with E-state index < -0.39 is 10.0 Å². The van der Waals surface area contributed by atoms with Crippen molar-refractivity contribution in [1.29, 1.82) is 0 Å². The summed E-state index contributed by atoms with van der Waals surface area (Å²) in [6.07, 6.45) is 2.84. The van der Waals surface area contributed by atoms with Gasteiger partial charge in [0.25, 0.3) is 0 Å². The summed E-state index contributed by atoms with van der Waals surface area (Å²) in [5.74, 6) is 6.75. The molecule has 0 aliphatic heterocycles. The van der Waals surface area contributed by atoms with Gasteiger partial charge >= 0.3 is 0 Å². The molecule has 1 aliphatic carbocycles. The monoisotopic (exact) mass is 307 g/mol. The molecule has 1 aliphatic rings. The maximum Gasteiger partial charge on any atom is 0.240 e. The average Bonchev–Trinajstić information content (AvgIpc) is 3.30. The van der Waals surface area contributed by atoms with Gasteiger partial charge in [-0.2, -0.15) is 0 Å². The van der Waals surface area contributed by atoms with Crippen LogP contribution in [0.2, 0.25) is 0 Å². The van der Waals surface area contributed by atoms with Gasteiger partial charge in [-0.15, -0.1) is 0 Å². The summed E-state index contributed by atoms with van der Waals surface area (Å²) < 4.78 is 27.0. The molecule has 1 unspecified atom stereocenters. The maximum atomic E-state index is 12.2. The molecule has 0 radical (unpaired) electrons. The molecule has 2 N–H and O–H groups in total. The molecule has 1 aromatic carbocycles. The van der Waals surface area contributed by atoms with Crippen molar-refractivity contribution in [2.45, 2.75) is 31.1 Å². The predicted molar refractivity (Wildman–Crippen MR) is 82.1 cm³/mol. The fourth-order valence-corrected chi connectivity index (χ4v) is 3.24. The van der Waals surface area contributed by atoms with Crippen LogP contribution in [0.5, 0.6) is 0 Å². The second kappa shape index (κ2) is 7.08. The van der Waals surface area contributed by atoms with Crippen LogP contribution in [0.25, 0.3) is 0 Å². The number of sulfonamides is 1.